The predicted molar refractivity (Wildman–Crippen MR) is 143 cm³/mol. The predicted octanol–water partition coefficient (Wildman–Crippen LogP) is 1.31. The van der Waals surface area contributed by atoms with Gasteiger partial charge in [0.25, 0.3) is 11.6 Å². The van der Waals surface area contributed by atoms with Crippen molar-refractivity contribution in [2.45, 2.75) is 48.8 Å². The molecular formula is C30H22O14. The lowest BCUT2D eigenvalue weighted by Gasteiger charge is -2.39. The molecule has 2 aliphatic heterocycles. The number of epoxide rings is 2. The first kappa shape index (κ1) is 27.1. The van der Waals surface area contributed by atoms with Gasteiger partial charge in [0.15, 0.2) is 10.9 Å². The van der Waals surface area contributed by atoms with Crippen LogP contribution in [-0.2, 0) is 18.9 Å². The highest BCUT2D eigenvalue weighted by Crippen LogP contribution is 2.80. The molecule has 4 heterocycles. The number of Topliss-reactive ketones (excluding diaryl/α,β-unsaturated/α-hetero) is 2. The van der Waals surface area contributed by atoms with Crippen molar-refractivity contribution in [1.29, 1.82) is 0 Å². The molecule has 2 aromatic carbocycles. The number of benzene rings is 2. The van der Waals surface area contributed by atoms with Gasteiger partial charge in [0, 0.05) is 48.6 Å². The molecule has 14 nitrogen and oxygen atoms in total. The summed E-state index contributed by atoms with van der Waals surface area (Å²) in [4.78, 5) is 53.9. The van der Waals surface area contributed by atoms with E-state index in [2.05, 4.69) is 0 Å². The Hall–Kier alpha value is -4.44. The van der Waals surface area contributed by atoms with Crippen molar-refractivity contribution in [3.05, 3.63) is 78.5 Å². The molecule has 0 radical (unpaired) electrons. The lowest BCUT2D eigenvalue weighted by molar-refractivity contribution is -0.0577. The first-order valence-electron chi connectivity index (χ1n) is 13.4. The lowest BCUT2D eigenvalue weighted by atomic mass is 9.63. The zero-order valence-corrected chi connectivity index (χ0v) is 23.3. The minimum atomic E-state index is -2.49. The summed E-state index contributed by atoms with van der Waals surface area (Å²) < 4.78 is 34.1. The smallest absolute Gasteiger partial charge is 0.271 e. The number of aromatic hydroxyl groups is 2. The van der Waals surface area contributed by atoms with Crippen LogP contribution in [0, 0.1) is 13.8 Å². The van der Waals surface area contributed by atoms with Crippen molar-refractivity contribution in [1.82, 2.24) is 0 Å². The molecule has 2 aliphatic carbocycles. The van der Waals surface area contributed by atoms with Crippen LogP contribution in [-0.4, -0.2) is 69.0 Å². The van der Waals surface area contributed by atoms with Gasteiger partial charge in [-0.25, -0.2) is 0 Å². The van der Waals surface area contributed by atoms with Crippen LogP contribution in [0.15, 0.2) is 42.7 Å². The van der Waals surface area contributed by atoms with Crippen molar-refractivity contribution >= 4 is 33.5 Å². The standard InChI is InChI=1S/C30H22O14/c1-9-5-13(31)19-15(41-9)7-11-17(21(19)33)25(37)27(29(39-3,43-27)23(11)35)28-26(38)18-12(24(36)30(28,40-4)44-28)8-16-20(22(18)34)14(32)6-10(2)42-16/h5-8,25-26,33-34,37-38H,1-4H3/t25-,26-,27+,28+,29+,30+/m1/s1. The van der Waals surface area contributed by atoms with Crippen molar-refractivity contribution in [2.75, 3.05) is 14.2 Å². The van der Waals surface area contributed by atoms with Gasteiger partial charge in [-0.2, -0.15) is 0 Å². The molecule has 14 heteroatoms. The number of aliphatic hydroxyl groups excluding tert-OH is 2. The van der Waals surface area contributed by atoms with Gasteiger partial charge in [-0.05, 0) is 26.0 Å². The van der Waals surface area contributed by atoms with E-state index < -0.39 is 80.0 Å². The molecular weight excluding hydrogens is 584 g/mol. The first-order valence-corrected chi connectivity index (χ1v) is 13.4. The molecule has 4 aliphatic rings. The second-order valence-corrected chi connectivity index (χ2v) is 11.3. The number of ketones is 2. The Morgan fingerprint density at radius 3 is 1.36 bits per heavy atom. The fourth-order valence-electron chi connectivity index (χ4n) is 7.49. The number of carbonyl (C=O) groups is 2. The van der Waals surface area contributed by atoms with Gasteiger partial charge in [-0.1, -0.05) is 0 Å². The van der Waals surface area contributed by atoms with Crippen LogP contribution >= 0.6 is 0 Å². The molecule has 4 aromatic rings. The van der Waals surface area contributed by atoms with E-state index in [1.807, 2.05) is 0 Å². The van der Waals surface area contributed by atoms with E-state index in [1.54, 1.807) is 0 Å². The Kier molecular flexibility index (Phi) is 4.80. The third-order valence-electron chi connectivity index (χ3n) is 9.35. The van der Waals surface area contributed by atoms with Crippen LogP contribution in [0.25, 0.3) is 21.9 Å². The van der Waals surface area contributed by atoms with E-state index in [4.69, 9.17) is 27.8 Å². The molecule has 0 bridgehead atoms. The molecule has 0 unspecified atom stereocenters. The summed E-state index contributed by atoms with van der Waals surface area (Å²) in [7, 11) is 2.17. The highest BCUT2D eigenvalue weighted by atomic mass is 16.9. The summed E-state index contributed by atoms with van der Waals surface area (Å²) >= 11 is 0. The largest absolute Gasteiger partial charge is 0.507 e. The van der Waals surface area contributed by atoms with E-state index >= 15 is 0 Å². The number of fused-ring (bicyclic) bond motifs is 7. The Bertz CT molecular complexity index is 2040. The van der Waals surface area contributed by atoms with Crippen molar-refractivity contribution in [2.24, 2.45) is 0 Å². The summed E-state index contributed by atoms with van der Waals surface area (Å²) in [5, 5.41) is 46.0. The second kappa shape index (κ2) is 7.79. The van der Waals surface area contributed by atoms with E-state index in [0.717, 1.165) is 38.5 Å². The van der Waals surface area contributed by atoms with Gasteiger partial charge in [0.2, 0.25) is 22.8 Å². The molecule has 0 amide bonds. The maximum Gasteiger partial charge on any atom is 0.271 e. The topological polar surface area (TPSA) is 219 Å². The minimum absolute atomic E-state index is 0.147. The maximum absolute atomic E-state index is 14.1. The highest BCUT2D eigenvalue weighted by Gasteiger charge is 3.03. The van der Waals surface area contributed by atoms with Crippen LogP contribution in [0.4, 0.5) is 0 Å². The van der Waals surface area contributed by atoms with Crippen LogP contribution in [0.1, 0.15) is 55.6 Å². The molecule has 2 saturated heterocycles. The SMILES string of the molecule is CO[C@@]12O[C@]1([C@]13O[C@@]1(OC)C(=O)c1cc4oc(C)cc(=O)c4c(O)c1[C@H]3O)[C@H](O)c1c(cc3oc(C)cc(=O)c3c1O)C2=O. The number of aryl methyl sites for hydroxylation is 2. The van der Waals surface area contributed by atoms with Crippen LogP contribution in [0.2, 0.25) is 0 Å². The first-order chi connectivity index (χ1) is 20.8. The molecule has 4 N–H and O–H groups in total. The molecule has 8 rings (SSSR count). The summed E-state index contributed by atoms with van der Waals surface area (Å²) in [5.74, 6) is -7.95. The van der Waals surface area contributed by atoms with Crippen molar-refractivity contribution < 1.29 is 57.8 Å². The van der Waals surface area contributed by atoms with Crippen LogP contribution in [0.3, 0.4) is 0 Å². The molecule has 2 aromatic heterocycles. The van der Waals surface area contributed by atoms with E-state index in [1.165, 1.54) is 13.8 Å². The Morgan fingerprint density at radius 1 is 0.659 bits per heavy atom. The summed E-state index contributed by atoms with van der Waals surface area (Å²) in [6.45, 7) is 2.99. The lowest BCUT2D eigenvalue weighted by Crippen LogP contribution is -2.60. The Labute approximate surface area is 244 Å². The number of ether oxygens (including phenoxy) is 4. The monoisotopic (exact) mass is 606 g/mol. The molecule has 6 atom stereocenters. The molecule has 44 heavy (non-hydrogen) atoms. The number of phenolic OH excluding ortho intramolecular Hbond substituents is 2. The average molecular weight is 606 g/mol. The van der Waals surface area contributed by atoms with Gasteiger partial charge in [-0.3, -0.25) is 19.2 Å². The Balaban J connectivity index is 1.42. The third-order valence-corrected chi connectivity index (χ3v) is 9.35. The van der Waals surface area contributed by atoms with Gasteiger partial charge in [0.05, 0.1) is 0 Å². The average Bonchev–Trinajstić information content (AvgIpc) is 3.85. The number of carbonyl (C=O) groups excluding carboxylic acids is 2. The number of hydrogen-bond donors (Lipinski definition) is 4. The Morgan fingerprint density at radius 2 is 1.02 bits per heavy atom. The molecule has 2 fully saturated rings. The minimum Gasteiger partial charge on any atom is -0.507 e. The molecule has 0 saturated carbocycles. The number of rotatable bonds is 3. The van der Waals surface area contributed by atoms with Gasteiger partial charge >= 0.3 is 0 Å². The zero-order chi connectivity index (χ0) is 31.5. The summed E-state index contributed by atoms with van der Waals surface area (Å²) in [5.41, 5.74) is -8.18. The number of hydrogen-bond acceptors (Lipinski definition) is 14. The van der Waals surface area contributed by atoms with E-state index in [0.29, 0.717) is 0 Å². The van der Waals surface area contributed by atoms with Crippen molar-refractivity contribution in [3.8, 4) is 11.5 Å². The summed E-state index contributed by atoms with van der Waals surface area (Å²) in [6.07, 6.45) is -4.20. The number of methoxy groups -OCH3 is 2. The quantitative estimate of drug-likeness (QED) is 0.242. The molecule has 0 spiro atoms. The van der Waals surface area contributed by atoms with Gasteiger partial charge in [0.1, 0.15) is 57.2 Å². The van der Waals surface area contributed by atoms with Gasteiger partial charge in [-0.15, -0.1) is 0 Å². The molecule has 226 valence electrons. The van der Waals surface area contributed by atoms with Crippen molar-refractivity contribution in [3.63, 3.8) is 0 Å². The third kappa shape index (κ3) is 2.54. The second-order valence-electron chi connectivity index (χ2n) is 11.3. The number of phenols is 2. The van der Waals surface area contributed by atoms with E-state index in [-0.39, 0.29) is 44.6 Å². The van der Waals surface area contributed by atoms with Gasteiger partial charge < -0.3 is 48.2 Å². The highest BCUT2D eigenvalue weighted by molar-refractivity contribution is 6.14. The maximum atomic E-state index is 14.1. The summed E-state index contributed by atoms with van der Waals surface area (Å²) in [6, 6.07) is 4.53. The zero-order valence-electron chi connectivity index (χ0n) is 23.3. The fourth-order valence-corrected chi connectivity index (χ4v) is 7.49. The fraction of sp³-hybridized carbons (Fsp3) is 0.333. The number of aliphatic hydroxyl groups is 2. The van der Waals surface area contributed by atoms with Crippen LogP contribution < -0.4 is 10.9 Å². The van der Waals surface area contributed by atoms with E-state index in [9.17, 15) is 39.6 Å². The normalized spacial score (nSPS) is 33.1. The van der Waals surface area contributed by atoms with Crippen LogP contribution in [0.5, 0.6) is 11.5 Å².